The predicted molar refractivity (Wildman–Crippen MR) is 277 cm³/mol. The summed E-state index contributed by atoms with van der Waals surface area (Å²) in [6, 6.07) is 16.6. The normalized spacial score (nSPS) is 14.4. The molecular formula is C54H66F3N9O7S. The van der Waals surface area contributed by atoms with Crippen LogP contribution in [0.2, 0.25) is 0 Å². The van der Waals surface area contributed by atoms with Crippen molar-refractivity contribution < 1.29 is 46.6 Å². The Hall–Kier alpha value is -6.64. The lowest BCUT2D eigenvalue weighted by Gasteiger charge is -2.35. The minimum Gasteiger partial charge on any atom is -0.377 e. The number of carbonyl (C=O) groups is 5. The summed E-state index contributed by atoms with van der Waals surface area (Å²) in [5, 5.41) is 14.8. The summed E-state index contributed by atoms with van der Waals surface area (Å²) in [6.45, 7) is 10.2. The van der Waals surface area contributed by atoms with Crippen molar-refractivity contribution in [3.63, 3.8) is 0 Å². The molecule has 3 aromatic heterocycles. The number of aromatic nitrogens is 4. The number of alkyl halides is 3. The van der Waals surface area contributed by atoms with Gasteiger partial charge in [0.25, 0.3) is 5.91 Å². The van der Waals surface area contributed by atoms with Crippen LogP contribution in [0, 0.1) is 12.3 Å². The zero-order valence-electron chi connectivity index (χ0n) is 42.9. The zero-order chi connectivity index (χ0) is 53.2. The van der Waals surface area contributed by atoms with Crippen molar-refractivity contribution in [2.45, 2.75) is 97.4 Å². The smallest absolute Gasteiger partial charge is 0.377 e. The van der Waals surface area contributed by atoms with Crippen LogP contribution in [0.25, 0.3) is 38.1 Å². The van der Waals surface area contributed by atoms with E-state index in [1.807, 2.05) is 57.5 Å². The lowest BCUT2D eigenvalue weighted by Crippen LogP contribution is -2.57. The fraction of sp³-hybridized carbons (Fsp3) is 0.463. The average Bonchev–Trinajstić information content (AvgIpc) is 4.18. The van der Waals surface area contributed by atoms with Crippen molar-refractivity contribution in [3.8, 4) is 16.1 Å². The molecule has 0 saturated carbocycles. The van der Waals surface area contributed by atoms with Gasteiger partial charge < -0.3 is 35.2 Å². The molecule has 0 bridgehead atoms. The molecule has 3 N–H and O–H groups in total. The Kier molecular flexibility index (Phi) is 18.3. The van der Waals surface area contributed by atoms with Crippen molar-refractivity contribution in [2.24, 2.45) is 12.5 Å². The summed E-state index contributed by atoms with van der Waals surface area (Å²) in [7, 11) is 3.47. The molecular weight excluding hydrogens is 976 g/mol. The molecule has 3 aromatic carbocycles. The van der Waals surface area contributed by atoms with Crippen molar-refractivity contribution in [1.29, 1.82) is 0 Å². The first-order valence-electron chi connectivity index (χ1n) is 25.0. The molecule has 0 spiro atoms. The van der Waals surface area contributed by atoms with Crippen LogP contribution in [-0.2, 0) is 48.4 Å². The third-order valence-electron chi connectivity index (χ3n) is 13.1. The second-order valence-corrected chi connectivity index (χ2v) is 20.6. The van der Waals surface area contributed by atoms with E-state index in [2.05, 4.69) is 26.0 Å². The standard InChI is InChI=1S/C54H66F3N9O7S/c1-35-47(74-34-60-35)37-16-14-36(15-17-37)32-59-51(70)44-11-10-25-65(44)52(71)48(53(2,3)4)61-45(67)12-8-7-9-13-46(68)63(5)26-28-73-30-29-72-27-24-58-50(69)38-18-23-43-41(31-38)42-33-64(6)62-49(42)66(43)40-21-19-39(20-22-40)54(55,56)57/h14-23,31,33-34,44,48H,7-13,24-30,32H2,1-6H3,(H,58,69)(H,59,70)(H,61,67). The van der Waals surface area contributed by atoms with Crippen LogP contribution < -0.4 is 16.0 Å². The maximum Gasteiger partial charge on any atom is 0.416 e. The average molecular weight is 1040 g/mol. The minimum absolute atomic E-state index is 0.0340. The Labute approximate surface area is 432 Å². The monoisotopic (exact) mass is 1040 g/mol. The number of rotatable bonds is 23. The van der Waals surface area contributed by atoms with Crippen molar-refractivity contribution in [1.82, 2.24) is 45.1 Å². The molecule has 396 valence electrons. The number of thiazole rings is 1. The molecule has 0 radical (unpaired) electrons. The Morgan fingerprint density at radius 2 is 1.59 bits per heavy atom. The predicted octanol–water partition coefficient (Wildman–Crippen LogP) is 7.98. The number of unbranched alkanes of at least 4 members (excludes halogenated alkanes) is 2. The topological polar surface area (TPSA) is 182 Å². The van der Waals surface area contributed by atoms with E-state index in [0.29, 0.717) is 93.8 Å². The molecule has 0 aliphatic carbocycles. The first-order valence-corrected chi connectivity index (χ1v) is 25.9. The third-order valence-corrected chi connectivity index (χ3v) is 14.1. The Morgan fingerprint density at radius 1 is 0.878 bits per heavy atom. The van der Waals surface area contributed by atoms with E-state index in [0.717, 1.165) is 44.6 Å². The van der Waals surface area contributed by atoms with Gasteiger partial charge in [-0.2, -0.15) is 18.3 Å². The molecule has 1 aliphatic heterocycles. The Balaban J connectivity index is 0.741. The summed E-state index contributed by atoms with van der Waals surface area (Å²) in [5.41, 5.74) is 5.65. The van der Waals surface area contributed by atoms with Gasteiger partial charge in [0.05, 0.1) is 53.6 Å². The summed E-state index contributed by atoms with van der Waals surface area (Å²) >= 11 is 1.59. The molecule has 6 aromatic rings. The van der Waals surface area contributed by atoms with Crippen molar-refractivity contribution >= 4 is 62.8 Å². The number of halogens is 3. The lowest BCUT2D eigenvalue weighted by molar-refractivity contribution is -0.144. The van der Waals surface area contributed by atoms with E-state index in [1.54, 1.807) is 68.9 Å². The molecule has 2 atom stereocenters. The maximum atomic E-state index is 14.0. The van der Waals surface area contributed by atoms with Gasteiger partial charge in [0.1, 0.15) is 12.1 Å². The second-order valence-electron chi connectivity index (χ2n) is 19.7. The fourth-order valence-electron chi connectivity index (χ4n) is 9.02. The third kappa shape index (κ3) is 13.9. The van der Waals surface area contributed by atoms with Gasteiger partial charge >= 0.3 is 6.18 Å². The van der Waals surface area contributed by atoms with Crippen LogP contribution in [0.4, 0.5) is 13.2 Å². The van der Waals surface area contributed by atoms with E-state index >= 15 is 0 Å². The number of fused-ring (bicyclic) bond motifs is 3. The quantitative estimate of drug-likeness (QED) is 0.0536. The summed E-state index contributed by atoms with van der Waals surface area (Å²) in [5.74, 6) is -1.07. The molecule has 1 aliphatic rings. The van der Waals surface area contributed by atoms with Crippen molar-refractivity contribution in [3.05, 3.63) is 101 Å². The van der Waals surface area contributed by atoms with E-state index in [4.69, 9.17) is 9.47 Å². The number of benzene rings is 3. The highest BCUT2D eigenvalue weighted by Crippen LogP contribution is 2.35. The number of carbonyl (C=O) groups excluding carboxylic acids is 5. The minimum atomic E-state index is -4.45. The number of ether oxygens (including phenoxy) is 2. The highest BCUT2D eigenvalue weighted by Gasteiger charge is 2.42. The van der Waals surface area contributed by atoms with Gasteiger partial charge in [-0.05, 0) is 91.6 Å². The lowest BCUT2D eigenvalue weighted by atomic mass is 9.85. The molecule has 1 saturated heterocycles. The number of likely N-dealkylation sites (N-methyl/N-ethyl adjacent to an activating group) is 1. The highest BCUT2D eigenvalue weighted by atomic mass is 32.1. The molecule has 7 rings (SSSR count). The Bertz CT molecular complexity index is 2910. The molecule has 16 nitrogen and oxygen atoms in total. The van der Waals surface area contributed by atoms with Gasteiger partial charge in [0, 0.05) is 81.3 Å². The van der Waals surface area contributed by atoms with Crippen LogP contribution in [0.3, 0.4) is 0 Å². The van der Waals surface area contributed by atoms with Crippen molar-refractivity contribution in [2.75, 3.05) is 53.1 Å². The van der Waals surface area contributed by atoms with Crippen LogP contribution in [-0.4, -0.2) is 124 Å². The van der Waals surface area contributed by atoms with Crippen LogP contribution >= 0.6 is 11.3 Å². The Morgan fingerprint density at radius 3 is 2.28 bits per heavy atom. The number of likely N-dealkylation sites (tertiary alicyclic amines) is 1. The SMILES string of the molecule is Cc1ncsc1-c1ccc(CNC(=O)C2CCCN2C(=O)C(NC(=O)CCCCCC(=O)N(C)CCOCCOCCNC(=O)c2ccc3c(c2)c2cn(C)nc2n3-c2ccc(C(F)(F)F)cc2)C(C)(C)C)cc1. The molecule has 2 unspecified atom stereocenters. The van der Waals surface area contributed by atoms with Crippen LogP contribution in [0.15, 0.2) is 78.4 Å². The molecule has 74 heavy (non-hydrogen) atoms. The van der Waals surface area contributed by atoms with E-state index in [9.17, 15) is 37.1 Å². The number of hydrogen-bond acceptors (Lipinski definition) is 10. The van der Waals surface area contributed by atoms with Gasteiger partial charge in [-0.1, -0.05) is 51.5 Å². The van der Waals surface area contributed by atoms with E-state index in [-0.39, 0.29) is 55.7 Å². The van der Waals surface area contributed by atoms with E-state index in [1.165, 1.54) is 12.1 Å². The number of hydrogen-bond donors (Lipinski definition) is 3. The van der Waals surface area contributed by atoms with Gasteiger partial charge in [-0.25, -0.2) is 4.98 Å². The zero-order valence-corrected chi connectivity index (χ0v) is 43.7. The summed E-state index contributed by atoms with van der Waals surface area (Å²) in [4.78, 5) is 75.1. The maximum absolute atomic E-state index is 14.0. The number of nitrogens with zero attached hydrogens (tertiary/aromatic N) is 6. The largest absolute Gasteiger partial charge is 0.416 e. The van der Waals surface area contributed by atoms with Crippen LogP contribution in [0.5, 0.6) is 0 Å². The van der Waals surface area contributed by atoms with Gasteiger partial charge in [-0.15, -0.1) is 11.3 Å². The first-order chi connectivity index (χ1) is 35.3. The van der Waals surface area contributed by atoms with Crippen LogP contribution in [0.1, 0.15) is 92.9 Å². The summed E-state index contributed by atoms with van der Waals surface area (Å²) in [6.07, 6.45) is 0.935. The van der Waals surface area contributed by atoms with E-state index < -0.39 is 29.2 Å². The van der Waals surface area contributed by atoms with Gasteiger partial charge in [0.15, 0.2) is 5.65 Å². The number of amides is 5. The summed E-state index contributed by atoms with van der Waals surface area (Å²) < 4.78 is 54.3. The second kappa shape index (κ2) is 24.6. The molecule has 5 amide bonds. The molecule has 4 heterocycles. The molecule has 1 fully saturated rings. The highest BCUT2D eigenvalue weighted by molar-refractivity contribution is 7.13. The number of nitrogens with one attached hydrogen (secondary N) is 3. The first kappa shape index (κ1) is 55.1. The molecule has 20 heteroatoms. The number of aryl methyl sites for hydroxylation is 2. The fourth-order valence-corrected chi connectivity index (χ4v) is 9.83. The van der Waals surface area contributed by atoms with Gasteiger partial charge in [-0.3, -0.25) is 33.2 Å². The van der Waals surface area contributed by atoms with Gasteiger partial charge in [0.2, 0.25) is 23.6 Å².